The molecule has 0 saturated heterocycles. The molecule has 4 heteroatoms. The number of methoxy groups -OCH3 is 1. The molecule has 0 spiro atoms. The van der Waals surface area contributed by atoms with E-state index in [0.29, 0.717) is 8.58 Å². The number of benzene rings is 3. The summed E-state index contributed by atoms with van der Waals surface area (Å²) in [6, 6.07) is 23.7. The quantitative estimate of drug-likeness (QED) is 0.241. The molecule has 0 radical (unpaired) electrons. The summed E-state index contributed by atoms with van der Waals surface area (Å²) in [6.45, 7) is 6.94. The van der Waals surface area contributed by atoms with Crippen LogP contribution in [0.5, 0.6) is 5.75 Å². The van der Waals surface area contributed by atoms with E-state index in [1.165, 1.54) is 33.1 Å². The topological polar surface area (TPSA) is 30.8 Å². The second kappa shape index (κ2) is 10.7. The maximum absolute atomic E-state index is 5.97. The summed E-state index contributed by atoms with van der Waals surface area (Å²) >= 11 is 0. The molecule has 31 heavy (non-hydrogen) atoms. The Morgan fingerprint density at radius 2 is 1.74 bits per heavy atom. The number of hydrogen-bond acceptors (Lipinski definition) is 3. The third-order valence-electron chi connectivity index (χ3n) is 5.22. The largest absolute Gasteiger partial charge is 0.467 e. The van der Waals surface area contributed by atoms with Crippen LogP contribution < -0.4 is 10.0 Å². The molecule has 162 valence electrons. The maximum Gasteiger partial charge on any atom is 0.188 e. The van der Waals surface area contributed by atoms with Gasteiger partial charge in [0.25, 0.3) is 0 Å². The molecule has 0 fully saturated rings. The lowest BCUT2D eigenvalue weighted by molar-refractivity contribution is 0.0501. The first-order valence-electron chi connectivity index (χ1n) is 10.5. The van der Waals surface area contributed by atoms with Crippen LogP contribution in [0.15, 0.2) is 71.7 Å². The highest BCUT2D eigenvalue weighted by atomic mass is 31.1. The van der Waals surface area contributed by atoms with Gasteiger partial charge in [0.1, 0.15) is 5.75 Å². The molecule has 0 N–H and O–H groups in total. The van der Waals surface area contributed by atoms with Crippen molar-refractivity contribution in [3.63, 3.8) is 0 Å². The van der Waals surface area contributed by atoms with Crippen molar-refractivity contribution < 1.29 is 9.47 Å². The van der Waals surface area contributed by atoms with Crippen molar-refractivity contribution >= 4 is 20.1 Å². The second-order valence-corrected chi connectivity index (χ2v) is 10.3. The van der Waals surface area contributed by atoms with Gasteiger partial charge in [0.2, 0.25) is 0 Å². The molecule has 0 aliphatic heterocycles. The van der Waals surface area contributed by atoms with E-state index in [1.807, 2.05) is 13.3 Å². The maximum atomic E-state index is 5.97. The van der Waals surface area contributed by atoms with Crippen molar-refractivity contribution in [2.75, 3.05) is 21.0 Å². The number of nitrogens with zero attached hydrogens (tertiary/aromatic N) is 1. The summed E-state index contributed by atoms with van der Waals surface area (Å²) in [5.41, 5.74) is 6.22. The second-order valence-electron chi connectivity index (χ2n) is 8.27. The molecule has 0 aromatic heterocycles. The fourth-order valence-electron chi connectivity index (χ4n) is 3.70. The lowest BCUT2D eigenvalue weighted by atomic mass is 9.96. The van der Waals surface area contributed by atoms with E-state index in [-0.39, 0.29) is 11.9 Å². The SMILES string of the molecule is CN=Cc1cc(C)ccc1PC(C)(C)c1cc(Cc2ccccc2)ccc1OCOC. The third-order valence-corrected chi connectivity index (χ3v) is 6.84. The predicted molar refractivity (Wildman–Crippen MR) is 134 cm³/mol. The summed E-state index contributed by atoms with van der Waals surface area (Å²) in [6.07, 6.45) is 2.86. The van der Waals surface area contributed by atoms with Gasteiger partial charge in [-0.3, -0.25) is 4.99 Å². The van der Waals surface area contributed by atoms with E-state index < -0.39 is 0 Å². The van der Waals surface area contributed by atoms with Gasteiger partial charge in [0.15, 0.2) is 6.79 Å². The Hall–Kier alpha value is -2.48. The molecule has 1 unspecified atom stereocenters. The van der Waals surface area contributed by atoms with Crippen molar-refractivity contribution in [2.45, 2.75) is 32.3 Å². The molecule has 0 heterocycles. The Kier molecular flexibility index (Phi) is 8.01. The van der Waals surface area contributed by atoms with Gasteiger partial charge in [-0.2, -0.15) is 0 Å². The summed E-state index contributed by atoms with van der Waals surface area (Å²) < 4.78 is 11.2. The molecule has 3 rings (SSSR count). The summed E-state index contributed by atoms with van der Waals surface area (Å²) in [4.78, 5) is 4.27. The van der Waals surface area contributed by atoms with Gasteiger partial charge in [-0.1, -0.05) is 82.6 Å². The van der Waals surface area contributed by atoms with Crippen LogP contribution in [0.4, 0.5) is 0 Å². The number of hydrogen-bond donors (Lipinski definition) is 0. The molecule has 3 aromatic rings. The highest BCUT2D eigenvalue weighted by molar-refractivity contribution is 7.48. The highest BCUT2D eigenvalue weighted by Gasteiger charge is 2.26. The number of ether oxygens (including phenoxy) is 2. The fourth-order valence-corrected chi connectivity index (χ4v) is 5.15. The van der Waals surface area contributed by atoms with Crippen LogP contribution in [0.25, 0.3) is 0 Å². The minimum atomic E-state index is -0.110. The minimum Gasteiger partial charge on any atom is -0.467 e. The van der Waals surface area contributed by atoms with Gasteiger partial charge < -0.3 is 9.47 Å². The number of rotatable bonds is 9. The molecule has 0 saturated carbocycles. The lowest BCUT2D eigenvalue weighted by Crippen LogP contribution is -2.19. The van der Waals surface area contributed by atoms with Gasteiger partial charge in [-0.05, 0) is 47.5 Å². The number of aliphatic imine (C=N–C) groups is 1. The average Bonchev–Trinajstić information content (AvgIpc) is 2.75. The Morgan fingerprint density at radius 1 is 0.968 bits per heavy atom. The first-order chi connectivity index (χ1) is 14.9. The summed E-state index contributed by atoms with van der Waals surface area (Å²) in [5.74, 6) is 0.883. The Bertz CT molecular complexity index is 1030. The van der Waals surface area contributed by atoms with E-state index >= 15 is 0 Å². The van der Waals surface area contributed by atoms with Crippen molar-refractivity contribution in [1.29, 1.82) is 0 Å². The Balaban J connectivity index is 1.98. The zero-order valence-electron chi connectivity index (χ0n) is 19.1. The van der Waals surface area contributed by atoms with Gasteiger partial charge in [0.05, 0.1) is 0 Å². The Morgan fingerprint density at radius 3 is 2.45 bits per heavy atom. The molecular weight excluding hydrogens is 401 g/mol. The van der Waals surface area contributed by atoms with Crippen LogP contribution in [0, 0.1) is 6.92 Å². The molecule has 3 nitrogen and oxygen atoms in total. The molecule has 0 amide bonds. The zero-order valence-corrected chi connectivity index (χ0v) is 20.1. The molecular formula is C27H32NO2P. The fraction of sp³-hybridized carbons (Fsp3) is 0.296. The summed E-state index contributed by atoms with van der Waals surface area (Å²) in [7, 11) is 4.04. The standard InChI is InChI=1S/C27H32NO2P/c1-20-11-14-26(23(15-20)18-28-4)31-27(2,3)24-17-22(12-13-25(24)30-19-29-5)16-21-9-7-6-8-10-21/h6-15,17-18,31H,16,19H2,1-5H3. The third kappa shape index (κ3) is 6.26. The normalized spacial score (nSPS) is 12.2. The lowest BCUT2D eigenvalue weighted by Gasteiger charge is -2.29. The average molecular weight is 434 g/mol. The van der Waals surface area contributed by atoms with Crippen molar-refractivity contribution in [3.8, 4) is 5.75 Å². The van der Waals surface area contributed by atoms with Gasteiger partial charge in [-0.15, -0.1) is 0 Å². The molecule has 3 aromatic carbocycles. The molecule has 1 atom stereocenters. The van der Waals surface area contributed by atoms with Crippen LogP contribution in [0.3, 0.4) is 0 Å². The van der Waals surface area contributed by atoms with Crippen molar-refractivity contribution in [1.82, 2.24) is 0 Å². The molecule has 0 bridgehead atoms. The molecule has 0 aliphatic carbocycles. The number of aryl methyl sites for hydroxylation is 1. The monoisotopic (exact) mass is 433 g/mol. The first kappa shape index (κ1) is 23.2. The van der Waals surface area contributed by atoms with E-state index in [0.717, 1.165) is 12.2 Å². The van der Waals surface area contributed by atoms with Crippen LogP contribution in [0.1, 0.15) is 41.7 Å². The van der Waals surface area contributed by atoms with E-state index in [1.54, 1.807) is 7.11 Å². The minimum absolute atomic E-state index is 0.110. The van der Waals surface area contributed by atoms with Crippen molar-refractivity contribution in [2.24, 2.45) is 4.99 Å². The van der Waals surface area contributed by atoms with Gasteiger partial charge in [-0.25, -0.2) is 0 Å². The smallest absolute Gasteiger partial charge is 0.188 e. The van der Waals surface area contributed by atoms with Crippen LogP contribution in [-0.2, 0) is 16.3 Å². The van der Waals surface area contributed by atoms with Gasteiger partial charge >= 0.3 is 0 Å². The molecule has 0 aliphatic rings. The van der Waals surface area contributed by atoms with E-state index in [9.17, 15) is 0 Å². The highest BCUT2D eigenvalue weighted by Crippen LogP contribution is 2.45. The van der Waals surface area contributed by atoms with Crippen molar-refractivity contribution in [3.05, 3.63) is 94.5 Å². The van der Waals surface area contributed by atoms with E-state index in [2.05, 4.69) is 92.5 Å². The Labute approximate surface area is 188 Å². The van der Waals surface area contributed by atoms with Gasteiger partial charge in [0, 0.05) is 31.1 Å². The zero-order chi connectivity index (χ0) is 22.3. The van der Waals surface area contributed by atoms with Crippen LogP contribution in [0.2, 0.25) is 0 Å². The predicted octanol–water partition coefficient (Wildman–Crippen LogP) is 5.86. The summed E-state index contributed by atoms with van der Waals surface area (Å²) in [5, 5.41) is 1.20. The van der Waals surface area contributed by atoms with E-state index in [4.69, 9.17) is 9.47 Å². The van der Waals surface area contributed by atoms with Crippen LogP contribution >= 0.6 is 8.58 Å². The first-order valence-corrected chi connectivity index (χ1v) is 11.5. The van der Waals surface area contributed by atoms with Crippen LogP contribution in [-0.4, -0.2) is 27.2 Å².